The Hall–Kier alpha value is -2.86. The molecule has 1 aliphatic rings. The first-order valence-corrected chi connectivity index (χ1v) is 9.43. The average molecular weight is 365 g/mol. The lowest BCUT2D eigenvalue weighted by molar-refractivity contribution is -0.120. The van der Waals surface area contributed by atoms with Crippen LogP contribution in [0, 0.1) is 0 Å². The Bertz CT molecular complexity index is 933. The van der Waals surface area contributed by atoms with E-state index in [0.29, 0.717) is 4.88 Å². The van der Waals surface area contributed by atoms with E-state index in [1.807, 2.05) is 48.5 Å². The number of benzene rings is 2. The van der Waals surface area contributed by atoms with E-state index in [1.165, 1.54) is 16.9 Å². The number of carbonyl (C=O) groups is 2. The summed E-state index contributed by atoms with van der Waals surface area (Å²) < 4.78 is 1.05. The van der Waals surface area contributed by atoms with Gasteiger partial charge in [-0.15, -0.1) is 11.3 Å². The van der Waals surface area contributed by atoms with Crippen molar-refractivity contribution in [3.05, 3.63) is 65.0 Å². The number of carbonyl (C=O) groups excluding carboxylic acids is 2. The van der Waals surface area contributed by atoms with Gasteiger partial charge in [-0.3, -0.25) is 20.4 Å². The summed E-state index contributed by atoms with van der Waals surface area (Å²) in [6.07, 6.45) is 2.06. The number of nitrogens with one attached hydrogen (secondary N) is 2. The van der Waals surface area contributed by atoms with Crippen LogP contribution in [0.4, 0.5) is 5.69 Å². The second-order valence-electron chi connectivity index (χ2n) is 6.30. The molecular formula is C20H19N3O2S. The van der Waals surface area contributed by atoms with Gasteiger partial charge in [-0.2, -0.15) is 0 Å². The van der Waals surface area contributed by atoms with Crippen molar-refractivity contribution in [1.82, 2.24) is 10.9 Å². The van der Waals surface area contributed by atoms with Crippen molar-refractivity contribution in [2.24, 2.45) is 0 Å². The van der Waals surface area contributed by atoms with Gasteiger partial charge in [0.25, 0.3) is 11.8 Å². The molecule has 132 valence electrons. The Kier molecular flexibility index (Phi) is 4.58. The molecule has 0 fully saturated rings. The van der Waals surface area contributed by atoms with Gasteiger partial charge in [0.05, 0.1) is 11.4 Å². The lowest BCUT2D eigenvalue weighted by Crippen LogP contribution is -2.47. The van der Waals surface area contributed by atoms with Crippen molar-refractivity contribution in [3.63, 3.8) is 0 Å². The number of rotatable bonds is 3. The zero-order valence-corrected chi connectivity index (χ0v) is 15.0. The Morgan fingerprint density at radius 1 is 1.04 bits per heavy atom. The molecule has 3 aromatic rings. The summed E-state index contributed by atoms with van der Waals surface area (Å²) >= 11 is 1.41. The number of hydrogen-bond acceptors (Lipinski definition) is 4. The van der Waals surface area contributed by atoms with Crippen molar-refractivity contribution in [2.45, 2.75) is 12.8 Å². The molecule has 0 atom stereocenters. The maximum absolute atomic E-state index is 12.3. The highest BCUT2D eigenvalue weighted by Gasteiger charge is 2.19. The molecule has 0 saturated carbocycles. The molecule has 1 aliphatic heterocycles. The molecule has 6 heteroatoms. The molecular weight excluding hydrogens is 346 g/mol. The van der Waals surface area contributed by atoms with Crippen LogP contribution in [0.25, 0.3) is 10.1 Å². The maximum Gasteiger partial charge on any atom is 0.279 e. The van der Waals surface area contributed by atoms with Crippen molar-refractivity contribution < 1.29 is 9.59 Å². The zero-order chi connectivity index (χ0) is 17.9. The van der Waals surface area contributed by atoms with Gasteiger partial charge in [0.15, 0.2) is 0 Å². The third-order valence-corrected chi connectivity index (χ3v) is 5.62. The minimum Gasteiger partial charge on any atom is -0.362 e. The topological polar surface area (TPSA) is 61.4 Å². The van der Waals surface area contributed by atoms with Gasteiger partial charge in [0.1, 0.15) is 0 Å². The number of nitrogens with zero attached hydrogens (tertiary/aromatic N) is 1. The summed E-state index contributed by atoms with van der Waals surface area (Å²) in [5, 5.41) is 1.03. The number of anilines is 1. The number of hydrogen-bond donors (Lipinski definition) is 2. The predicted molar refractivity (Wildman–Crippen MR) is 104 cm³/mol. The molecule has 26 heavy (non-hydrogen) atoms. The molecule has 2 aromatic carbocycles. The lowest BCUT2D eigenvalue weighted by Gasteiger charge is -2.30. The van der Waals surface area contributed by atoms with Crippen LogP contribution in [0.1, 0.15) is 21.7 Å². The maximum atomic E-state index is 12.3. The first-order chi connectivity index (χ1) is 12.7. The van der Waals surface area contributed by atoms with Crippen LogP contribution in [0.15, 0.2) is 54.6 Å². The van der Waals surface area contributed by atoms with Crippen LogP contribution in [0.3, 0.4) is 0 Å². The minimum atomic E-state index is -0.293. The molecule has 2 heterocycles. The SMILES string of the molecule is O=C(CN1CCCc2ccccc21)NNC(=O)c1cc2ccccc2s1. The first kappa shape index (κ1) is 16.6. The zero-order valence-electron chi connectivity index (χ0n) is 14.2. The van der Waals surface area contributed by atoms with E-state index in [9.17, 15) is 9.59 Å². The van der Waals surface area contributed by atoms with Gasteiger partial charge in [0, 0.05) is 16.9 Å². The Balaban J connectivity index is 1.36. The predicted octanol–water partition coefficient (Wildman–Crippen LogP) is 3.12. The molecule has 0 unspecified atom stereocenters. The van der Waals surface area contributed by atoms with E-state index in [-0.39, 0.29) is 18.4 Å². The van der Waals surface area contributed by atoms with Crippen LogP contribution in [-0.4, -0.2) is 24.9 Å². The molecule has 0 saturated heterocycles. The normalized spacial score (nSPS) is 13.3. The highest BCUT2D eigenvalue weighted by atomic mass is 32.1. The summed E-state index contributed by atoms with van der Waals surface area (Å²) in [5.41, 5.74) is 7.41. The Morgan fingerprint density at radius 2 is 1.85 bits per heavy atom. The summed E-state index contributed by atoms with van der Waals surface area (Å²) in [7, 11) is 0. The van der Waals surface area contributed by atoms with E-state index in [4.69, 9.17) is 0 Å². The Labute approximate surface area is 155 Å². The number of aryl methyl sites for hydroxylation is 1. The third-order valence-electron chi connectivity index (χ3n) is 4.51. The number of amides is 2. The molecule has 1 aromatic heterocycles. The largest absolute Gasteiger partial charge is 0.362 e. The number of para-hydroxylation sites is 1. The molecule has 5 nitrogen and oxygen atoms in total. The van der Waals surface area contributed by atoms with Gasteiger partial charge in [-0.25, -0.2) is 0 Å². The van der Waals surface area contributed by atoms with Gasteiger partial charge >= 0.3 is 0 Å². The van der Waals surface area contributed by atoms with E-state index >= 15 is 0 Å². The van der Waals surface area contributed by atoms with Crippen molar-refractivity contribution in [1.29, 1.82) is 0 Å². The Morgan fingerprint density at radius 3 is 2.73 bits per heavy atom. The highest BCUT2D eigenvalue weighted by Crippen LogP contribution is 2.26. The van der Waals surface area contributed by atoms with Gasteiger partial charge in [-0.1, -0.05) is 36.4 Å². The monoisotopic (exact) mass is 365 g/mol. The minimum absolute atomic E-state index is 0.226. The lowest BCUT2D eigenvalue weighted by atomic mass is 10.0. The van der Waals surface area contributed by atoms with Crippen molar-refractivity contribution in [2.75, 3.05) is 18.0 Å². The van der Waals surface area contributed by atoms with Crippen LogP contribution in [0.2, 0.25) is 0 Å². The number of fused-ring (bicyclic) bond motifs is 2. The molecule has 4 rings (SSSR count). The molecule has 2 N–H and O–H groups in total. The molecule has 0 radical (unpaired) electrons. The first-order valence-electron chi connectivity index (χ1n) is 8.61. The average Bonchev–Trinajstić information content (AvgIpc) is 3.11. The second kappa shape index (κ2) is 7.17. The van der Waals surface area contributed by atoms with Crippen molar-refractivity contribution in [3.8, 4) is 0 Å². The van der Waals surface area contributed by atoms with Gasteiger partial charge in [-0.05, 0) is 42.0 Å². The fourth-order valence-electron chi connectivity index (χ4n) is 3.27. The molecule has 0 spiro atoms. The fraction of sp³-hybridized carbons (Fsp3) is 0.200. The summed E-state index contributed by atoms with van der Waals surface area (Å²) in [6, 6.07) is 17.8. The van der Waals surface area contributed by atoms with Crippen LogP contribution < -0.4 is 15.8 Å². The van der Waals surface area contributed by atoms with E-state index in [0.717, 1.165) is 35.2 Å². The third kappa shape index (κ3) is 3.41. The quantitative estimate of drug-likeness (QED) is 0.701. The summed E-state index contributed by atoms with van der Waals surface area (Å²) in [4.78, 5) is 27.2. The van der Waals surface area contributed by atoms with Crippen LogP contribution in [0.5, 0.6) is 0 Å². The molecule has 0 bridgehead atoms. The van der Waals surface area contributed by atoms with E-state index in [1.54, 1.807) is 0 Å². The second-order valence-corrected chi connectivity index (χ2v) is 7.39. The van der Waals surface area contributed by atoms with E-state index < -0.39 is 0 Å². The standard InChI is InChI=1S/C20H19N3O2S/c24-19(13-23-11-5-8-14-6-1-3-9-16(14)23)21-22-20(25)18-12-15-7-2-4-10-17(15)26-18/h1-4,6-7,9-10,12H,5,8,11,13H2,(H,21,24)(H,22,25). The van der Waals surface area contributed by atoms with Crippen LogP contribution >= 0.6 is 11.3 Å². The number of hydrazine groups is 1. The smallest absolute Gasteiger partial charge is 0.279 e. The molecule has 0 aliphatic carbocycles. The van der Waals surface area contributed by atoms with E-state index in [2.05, 4.69) is 21.8 Å². The summed E-state index contributed by atoms with van der Waals surface area (Å²) in [6.45, 7) is 1.07. The van der Waals surface area contributed by atoms with Crippen LogP contribution in [-0.2, 0) is 11.2 Å². The van der Waals surface area contributed by atoms with Gasteiger partial charge in [0.2, 0.25) is 0 Å². The molecule has 2 amide bonds. The fourth-order valence-corrected chi connectivity index (χ4v) is 4.23. The summed E-state index contributed by atoms with van der Waals surface area (Å²) in [5.74, 6) is -0.519. The number of thiophene rings is 1. The van der Waals surface area contributed by atoms with Crippen molar-refractivity contribution >= 4 is 38.9 Å². The highest BCUT2D eigenvalue weighted by molar-refractivity contribution is 7.20. The van der Waals surface area contributed by atoms with Gasteiger partial charge < -0.3 is 4.90 Å².